The van der Waals surface area contributed by atoms with E-state index in [1.807, 2.05) is 6.08 Å². The van der Waals surface area contributed by atoms with Gasteiger partial charge in [0.15, 0.2) is 6.10 Å². The third kappa shape index (κ3) is 54.2. The molecule has 6 nitrogen and oxygen atoms in total. The molecule has 392 valence electrons. The molecule has 0 radical (unpaired) electrons. The molecule has 0 bridgehead atoms. The number of rotatable bonds is 48. The molecule has 0 aliphatic heterocycles. The fraction of sp³-hybridized carbons (Fsp3) is 0.578. The third-order valence-electron chi connectivity index (χ3n) is 11.1. The highest BCUT2D eigenvalue weighted by atomic mass is 16.6. The van der Waals surface area contributed by atoms with Crippen molar-refractivity contribution in [1.82, 2.24) is 0 Å². The SMILES string of the molecule is CC/C=C\C/C=C\C/C=C\C/C=C\C/C=C\CCCCCC(=O)OCC(COC(=O)C/C=C\C/C=C\C/C=C\C/C=C\C/C=C\CC)OC(=O)CCCCCCCCC/C=C\C/C=C\CCCCCC. The average molecular weight is 965 g/mol. The smallest absolute Gasteiger partial charge is 0.309 e. The molecule has 70 heavy (non-hydrogen) atoms. The van der Waals surface area contributed by atoms with E-state index >= 15 is 0 Å². The zero-order chi connectivity index (χ0) is 50.7. The predicted octanol–water partition coefficient (Wildman–Crippen LogP) is 18.8. The van der Waals surface area contributed by atoms with Crippen LogP contribution in [0.2, 0.25) is 0 Å². The Bertz CT molecular complexity index is 1580. The van der Waals surface area contributed by atoms with E-state index < -0.39 is 12.1 Å². The van der Waals surface area contributed by atoms with Crippen LogP contribution in [0.4, 0.5) is 0 Å². The number of unbranched alkanes of at least 4 members (excludes halogenated alkanes) is 14. The lowest BCUT2D eigenvalue weighted by atomic mass is 10.1. The van der Waals surface area contributed by atoms with Gasteiger partial charge >= 0.3 is 17.9 Å². The first kappa shape index (κ1) is 65.3. The number of ether oxygens (including phenoxy) is 3. The fourth-order valence-electron chi connectivity index (χ4n) is 6.98. The van der Waals surface area contributed by atoms with Crippen molar-refractivity contribution in [2.75, 3.05) is 13.2 Å². The zero-order valence-corrected chi connectivity index (χ0v) is 44.7. The Morgan fingerprint density at radius 2 is 0.614 bits per heavy atom. The normalized spacial score (nSPS) is 13.2. The molecule has 0 fully saturated rings. The minimum atomic E-state index is -0.843. The highest BCUT2D eigenvalue weighted by molar-refractivity contribution is 5.72. The zero-order valence-electron chi connectivity index (χ0n) is 44.7. The summed E-state index contributed by atoms with van der Waals surface area (Å²) in [4.78, 5) is 38.1. The number of hydrogen-bond donors (Lipinski definition) is 0. The van der Waals surface area contributed by atoms with Crippen molar-refractivity contribution in [3.8, 4) is 0 Å². The van der Waals surface area contributed by atoms with Crippen LogP contribution < -0.4 is 0 Å². The minimum absolute atomic E-state index is 0.112. The van der Waals surface area contributed by atoms with Crippen LogP contribution in [0.25, 0.3) is 0 Å². The molecule has 0 aliphatic rings. The first-order chi connectivity index (χ1) is 34.5. The molecule has 0 saturated carbocycles. The maximum Gasteiger partial charge on any atom is 0.309 e. The molecular formula is C64H100O6. The maximum absolute atomic E-state index is 12.8. The summed E-state index contributed by atoms with van der Waals surface area (Å²) < 4.78 is 16.7. The molecule has 0 rings (SSSR count). The molecule has 0 aromatic rings. The first-order valence-electron chi connectivity index (χ1n) is 27.8. The molecule has 1 atom stereocenters. The number of hydrogen-bond acceptors (Lipinski definition) is 6. The largest absolute Gasteiger partial charge is 0.462 e. The van der Waals surface area contributed by atoms with Crippen LogP contribution >= 0.6 is 0 Å². The molecule has 0 N–H and O–H groups in total. The van der Waals surface area contributed by atoms with Crippen molar-refractivity contribution < 1.29 is 28.6 Å². The van der Waals surface area contributed by atoms with Crippen molar-refractivity contribution in [1.29, 1.82) is 0 Å². The van der Waals surface area contributed by atoms with Gasteiger partial charge in [0.25, 0.3) is 0 Å². The number of carbonyl (C=O) groups is 3. The van der Waals surface area contributed by atoms with Gasteiger partial charge in [-0.2, -0.15) is 0 Å². The molecule has 0 aromatic heterocycles. The second-order valence-electron chi connectivity index (χ2n) is 17.7. The van der Waals surface area contributed by atoms with E-state index in [9.17, 15) is 14.4 Å². The summed E-state index contributed by atoms with van der Waals surface area (Å²) in [6.07, 6.45) is 81.4. The van der Waals surface area contributed by atoms with Gasteiger partial charge in [0, 0.05) is 12.8 Å². The van der Waals surface area contributed by atoms with E-state index in [-0.39, 0.29) is 38.0 Å². The van der Waals surface area contributed by atoms with Crippen LogP contribution in [0.1, 0.15) is 220 Å². The Morgan fingerprint density at radius 3 is 1.01 bits per heavy atom. The molecule has 6 heteroatoms. The van der Waals surface area contributed by atoms with Gasteiger partial charge in [-0.05, 0) is 122 Å². The van der Waals surface area contributed by atoms with Gasteiger partial charge in [0.2, 0.25) is 0 Å². The van der Waals surface area contributed by atoms with E-state index in [1.165, 1.54) is 51.4 Å². The molecule has 1 unspecified atom stereocenters. The summed E-state index contributed by atoms with van der Waals surface area (Å²) in [5.74, 6) is -1.11. The van der Waals surface area contributed by atoms with E-state index in [4.69, 9.17) is 14.2 Å². The summed E-state index contributed by atoms with van der Waals surface area (Å²) in [7, 11) is 0. The van der Waals surface area contributed by atoms with Gasteiger partial charge < -0.3 is 14.2 Å². The van der Waals surface area contributed by atoms with Crippen LogP contribution in [0.15, 0.2) is 146 Å². The lowest BCUT2D eigenvalue weighted by molar-refractivity contribution is -0.166. The third-order valence-corrected chi connectivity index (χ3v) is 11.1. The minimum Gasteiger partial charge on any atom is -0.462 e. The Labute approximate surface area is 429 Å². The van der Waals surface area contributed by atoms with Crippen LogP contribution in [0.5, 0.6) is 0 Å². The molecule has 0 aliphatic carbocycles. The van der Waals surface area contributed by atoms with Crippen LogP contribution in [-0.2, 0) is 28.6 Å². The molecule has 0 spiro atoms. The van der Waals surface area contributed by atoms with Crippen molar-refractivity contribution >= 4 is 17.9 Å². The Kier molecular flexibility index (Phi) is 53.0. The highest BCUT2D eigenvalue weighted by Gasteiger charge is 2.19. The second-order valence-corrected chi connectivity index (χ2v) is 17.7. The monoisotopic (exact) mass is 965 g/mol. The predicted molar refractivity (Wildman–Crippen MR) is 302 cm³/mol. The quantitative estimate of drug-likeness (QED) is 0.0262. The maximum atomic E-state index is 12.8. The van der Waals surface area contributed by atoms with Gasteiger partial charge in [-0.25, -0.2) is 0 Å². The fourth-order valence-corrected chi connectivity index (χ4v) is 6.98. The molecular weight excluding hydrogens is 865 g/mol. The second kappa shape index (κ2) is 56.9. The van der Waals surface area contributed by atoms with Gasteiger partial charge in [-0.3, -0.25) is 14.4 Å². The number of carbonyl (C=O) groups excluding carboxylic acids is 3. The van der Waals surface area contributed by atoms with Gasteiger partial charge in [0.05, 0.1) is 6.42 Å². The van der Waals surface area contributed by atoms with Crippen LogP contribution in [0.3, 0.4) is 0 Å². The molecule has 0 saturated heterocycles. The standard InChI is InChI=1S/C64H100O6/c1-4-7-10-13-16-19-22-25-28-30-32-34-36-39-42-45-48-51-54-57-63(66)69-60-61(59-68-62(65)56-53-50-47-44-41-38-35-27-24-21-18-15-12-9-6-3)70-64(67)58-55-52-49-46-43-40-37-33-31-29-26-23-20-17-14-11-8-5-2/h7,9-10,12,16,18-21,23,25,27-29,31-32,34-35,39,41-42,44,50,53,61H,4-6,8,11,13-15,17,22,24,26,30,33,36-38,40,43,45-49,51-52,54-60H2,1-3H3/b10-7-,12-9-,19-16-,21-18-,23-20-,28-25-,31-29-,34-32-,35-27-,42-39-,44-41-,53-50-. The van der Waals surface area contributed by atoms with Gasteiger partial charge in [-0.1, -0.05) is 224 Å². The Morgan fingerprint density at radius 1 is 0.314 bits per heavy atom. The van der Waals surface area contributed by atoms with Crippen molar-refractivity contribution in [3.63, 3.8) is 0 Å². The van der Waals surface area contributed by atoms with Crippen LogP contribution in [-0.4, -0.2) is 37.2 Å². The summed E-state index contributed by atoms with van der Waals surface area (Å²) in [6.45, 7) is 6.25. The molecule has 0 amide bonds. The van der Waals surface area contributed by atoms with E-state index in [0.29, 0.717) is 6.42 Å². The van der Waals surface area contributed by atoms with Crippen molar-refractivity contribution in [2.45, 2.75) is 226 Å². The van der Waals surface area contributed by atoms with E-state index in [0.717, 1.165) is 128 Å². The average Bonchev–Trinajstić information content (AvgIpc) is 3.36. The van der Waals surface area contributed by atoms with Crippen molar-refractivity contribution in [3.05, 3.63) is 146 Å². The number of esters is 3. The van der Waals surface area contributed by atoms with Gasteiger partial charge in [-0.15, -0.1) is 0 Å². The Balaban J connectivity index is 4.59. The summed E-state index contributed by atoms with van der Waals surface area (Å²) >= 11 is 0. The number of allylic oxidation sites excluding steroid dienone is 23. The van der Waals surface area contributed by atoms with Crippen molar-refractivity contribution in [2.24, 2.45) is 0 Å². The molecule has 0 aromatic carbocycles. The summed E-state index contributed by atoms with van der Waals surface area (Å²) in [6, 6.07) is 0. The van der Waals surface area contributed by atoms with Crippen LogP contribution in [0, 0.1) is 0 Å². The van der Waals surface area contributed by atoms with Gasteiger partial charge in [0.1, 0.15) is 13.2 Å². The lowest BCUT2D eigenvalue weighted by Crippen LogP contribution is -2.30. The molecule has 0 heterocycles. The summed E-state index contributed by atoms with van der Waals surface area (Å²) in [5.41, 5.74) is 0. The highest BCUT2D eigenvalue weighted by Crippen LogP contribution is 2.13. The lowest BCUT2D eigenvalue weighted by Gasteiger charge is -2.18. The topological polar surface area (TPSA) is 78.9 Å². The Hall–Kier alpha value is -4.71. The van der Waals surface area contributed by atoms with E-state index in [2.05, 4.69) is 154 Å². The summed E-state index contributed by atoms with van der Waals surface area (Å²) in [5, 5.41) is 0. The van der Waals surface area contributed by atoms with E-state index in [1.54, 1.807) is 6.08 Å². The first-order valence-corrected chi connectivity index (χ1v) is 27.8.